The van der Waals surface area contributed by atoms with Crippen LogP contribution in [0.15, 0.2) is 35.6 Å². The molecule has 0 saturated carbocycles. The summed E-state index contributed by atoms with van der Waals surface area (Å²) in [6, 6.07) is 5.71. The molecule has 3 nitrogen and oxygen atoms in total. The number of pyridine rings is 1. The summed E-state index contributed by atoms with van der Waals surface area (Å²) in [5.41, 5.74) is 2.50. The van der Waals surface area contributed by atoms with Crippen LogP contribution in [0.4, 0.5) is 0 Å². The molecule has 3 heteroatoms. The van der Waals surface area contributed by atoms with E-state index in [4.69, 9.17) is 4.74 Å². The fraction of sp³-hybridized carbons (Fsp3) is 0.214. The fourth-order valence-electron chi connectivity index (χ4n) is 1.79. The first kappa shape index (κ1) is 11.5. The molecule has 0 aliphatic rings. The first-order chi connectivity index (χ1) is 8.13. The van der Waals surface area contributed by atoms with Crippen LogP contribution < -0.4 is 10.3 Å². The number of benzene rings is 1. The lowest BCUT2D eigenvalue weighted by Crippen LogP contribution is -2.09. The van der Waals surface area contributed by atoms with E-state index in [1.165, 1.54) is 0 Å². The van der Waals surface area contributed by atoms with Gasteiger partial charge < -0.3 is 9.72 Å². The van der Waals surface area contributed by atoms with Gasteiger partial charge in [-0.15, -0.1) is 0 Å². The number of nitrogens with one attached hydrogen (secondary N) is 1. The maximum absolute atomic E-state index is 11.6. The minimum Gasteiger partial charge on any atom is -0.489 e. The van der Waals surface area contributed by atoms with Gasteiger partial charge in [-0.2, -0.15) is 0 Å². The molecule has 1 N–H and O–H groups in total. The minimum atomic E-state index is -0.0542. The highest BCUT2D eigenvalue weighted by Gasteiger charge is 2.07. The van der Waals surface area contributed by atoms with E-state index in [1.807, 2.05) is 25.1 Å². The third-order valence-corrected chi connectivity index (χ3v) is 2.73. The van der Waals surface area contributed by atoms with Crippen LogP contribution in [-0.4, -0.2) is 11.6 Å². The molecule has 0 radical (unpaired) electrons. The Morgan fingerprint density at radius 3 is 2.82 bits per heavy atom. The number of H-pyrrole nitrogens is 1. The van der Waals surface area contributed by atoms with E-state index in [2.05, 4.69) is 11.6 Å². The van der Waals surface area contributed by atoms with E-state index in [0.29, 0.717) is 12.2 Å². The van der Waals surface area contributed by atoms with Crippen molar-refractivity contribution in [2.24, 2.45) is 0 Å². The van der Waals surface area contributed by atoms with Crippen LogP contribution in [0.1, 0.15) is 11.1 Å². The van der Waals surface area contributed by atoms with Gasteiger partial charge in [-0.3, -0.25) is 4.79 Å². The molecule has 2 aromatic rings. The first-order valence-corrected chi connectivity index (χ1v) is 5.50. The Morgan fingerprint density at radius 2 is 2.12 bits per heavy atom. The standard InChI is InChI=1S/C14H15NO2/c1-4-7-17-12-6-5-9(2)13-11(12)8-10(3)14(16)15-13/h4-6,8H,1,7H2,2-3H3,(H,15,16). The quantitative estimate of drug-likeness (QED) is 0.822. The second kappa shape index (κ2) is 4.45. The van der Waals surface area contributed by atoms with Gasteiger partial charge in [-0.1, -0.05) is 18.7 Å². The lowest BCUT2D eigenvalue weighted by Gasteiger charge is -2.10. The third kappa shape index (κ3) is 2.09. The van der Waals surface area contributed by atoms with Crippen LogP contribution in [0.5, 0.6) is 5.75 Å². The average molecular weight is 229 g/mol. The molecule has 0 saturated heterocycles. The van der Waals surface area contributed by atoms with Crippen LogP contribution in [0.3, 0.4) is 0 Å². The molecule has 0 spiro atoms. The topological polar surface area (TPSA) is 42.1 Å². The van der Waals surface area contributed by atoms with Crippen molar-refractivity contribution in [3.8, 4) is 5.75 Å². The number of aromatic amines is 1. The number of hydrogen-bond donors (Lipinski definition) is 1. The summed E-state index contributed by atoms with van der Waals surface area (Å²) < 4.78 is 5.58. The number of hydrogen-bond acceptors (Lipinski definition) is 2. The highest BCUT2D eigenvalue weighted by atomic mass is 16.5. The molecule has 0 unspecified atom stereocenters. The normalized spacial score (nSPS) is 10.5. The number of rotatable bonds is 3. The summed E-state index contributed by atoms with van der Waals surface area (Å²) in [5.74, 6) is 0.768. The van der Waals surface area contributed by atoms with Crippen molar-refractivity contribution in [1.82, 2.24) is 4.98 Å². The molecule has 1 heterocycles. The Bertz CT molecular complexity index is 626. The Kier molecular flexibility index (Phi) is 3.00. The highest BCUT2D eigenvalue weighted by Crippen LogP contribution is 2.26. The molecule has 1 aromatic carbocycles. The lowest BCUT2D eigenvalue weighted by molar-refractivity contribution is 0.367. The van der Waals surface area contributed by atoms with Gasteiger partial charge in [0.15, 0.2) is 0 Å². The second-order valence-corrected chi connectivity index (χ2v) is 4.05. The average Bonchev–Trinajstić information content (AvgIpc) is 2.31. The van der Waals surface area contributed by atoms with Gasteiger partial charge in [0.1, 0.15) is 12.4 Å². The molecule has 88 valence electrons. The summed E-state index contributed by atoms with van der Waals surface area (Å²) >= 11 is 0. The van der Waals surface area contributed by atoms with Crippen molar-refractivity contribution in [3.63, 3.8) is 0 Å². The van der Waals surface area contributed by atoms with Gasteiger partial charge >= 0.3 is 0 Å². The van der Waals surface area contributed by atoms with E-state index >= 15 is 0 Å². The zero-order chi connectivity index (χ0) is 12.4. The van der Waals surface area contributed by atoms with Crippen molar-refractivity contribution < 1.29 is 4.74 Å². The van der Waals surface area contributed by atoms with E-state index in [-0.39, 0.29) is 5.56 Å². The van der Waals surface area contributed by atoms with Crippen molar-refractivity contribution in [2.45, 2.75) is 13.8 Å². The number of fused-ring (bicyclic) bond motifs is 1. The van der Waals surface area contributed by atoms with Gasteiger partial charge in [0.05, 0.1) is 5.52 Å². The molecule has 1 aromatic heterocycles. The molecule has 0 atom stereocenters. The monoisotopic (exact) mass is 229 g/mol. The molecule has 2 rings (SSSR count). The molecule has 0 fully saturated rings. The van der Waals surface area contributed by atoms with Crippen molar-refractivity contribution >= 4 is 10.9 Å². The van der Waals surface area contributed by atoms with E-state index in [0.717, 1.165) is 22.2 Å². The predicted molar refractivity (Wildman–Crippen MR) is 69.7 cm³/mol. The Balaban J connectivity index is 2.70. The summed E-state index contributed by atoms with van der Waals surface area (Å²) in [6.07, 6.45) is 1.70. The summed E-state index contributed by atoms with van der Waals surface area (Å²) in [7, 11) is 0. The molecule has 17 heavy (non-hydrogen) atoms. The Labute approximate surface area is 99.7 Å². The molecule has 0 aliphatic heterocycles. The molecule has 0 amide bonds. The third-order valence-electron chi connectivity index (χ3n) is 2.73. The van der Waals surface area contributed by atoms with Crippen LogP contribution in [0, 0.1) is 13.8 Å². The summed E-state index contributed by atoms with van der Waals surface area (Å²) in [6.45, 7) is 7.83. The second-order valence-electron chi connectivity index (χ2n) is 4.05. The van der Waals surface area contributed by atoms with Crippen LogP contribution in [0.2, 0.25) is 0 Å². The van der Waals surface area contributed by atoms with Crippen molar-refractivity contribution in [3.05, 3.63) is 52.3 Å². The molecule has 0 bridgehead atoms. The Morgan fingerprint density at radius 1 is 1.35 bits per heavy atom. The predicted octanol–water partition coefficient (Wildman–Crippen LogP) is 2.71. The molecule has 0 aliphatic carbocycles. The van der Waals surface area contributed by atoms with Gasteiger partial charge in [-0.05, 0) is 31.5 Å². The van der Waals surface area contributed by atoms with Gasteiger partial charge in [0, 0.05) is 10.9 Å². The van der Waals surface area contributed by atoms with E-state index in [1.54, 1.807) is 13.0 Å². The number of ether oxygens (including phenoxy) is 1. The van der Waals surface area contributed by atoms with Gasteiger partial charge in [-0.25, -0.2) is 0 Å². The summed E-state index contributed by atoms with van der Waals surface area (Å²) in [4.78, 5) is 14.5. The highest BCUT2D eigenvalue weighted by molar-refractivity contribution is 5.88. The van der Waals surface area contributed by atoms with E-state index in [9.17, 15) is 4.79 Å². The van der Waals surface area contributed by atoms with Crippen LogP contribution in [-0.2, 0) is 0 Å². The van der Waals surface area contributed by atoms with Crippen LogP contribution >= 0.6 is 0 Å². The molecular formula is C14H15NO2. The maximum atomic E-state index is 11.6. The smallest absolute Gasteiger partial charge is 0.251 e. The summed E-state index contributed by atoms with van der Waals surface area (Å²) in [5, 5.41) is 0.934. The minimum absolute atomic E-state index is 0.0542. The van der Waals surface area contributed by atoms with Gasteiger partial charge in [0.25, 0.3) is 5.56 Å². The number of aryl methyl sites for hydroxylation is 2. The zero-order valence-corrected chi connectivity index (χ0v) is 10.0. The molecular weight excluding hydrogens is 214 g/mol. The maximum Gasteiger partial charge on any atom is 0.251 e. The zero-order valence-electron chi connectivity index (χ0n) is 10.0. The van der Waals surface area contributed by atoms with Crippen molar-refractivity contribution in [1.29, 1.82) is 0 Å². The van der Waals surface area contributed by atoms with Gasteiger partial charge in [0.2, 0.25) is 0 Å². The fourth-order valence-corrected chi connectivity index (χ4v) is 1.79. The SMILES string of the molecule is C=CCOc1ccc(C)c2[nH]c(=O)c(C)cc12. The Hall–Kier alpha value is -2.03. The first-order valence-electron chi connectivity index (χ1n) is 5.50. The van der Waals surface area contributed by atoms with E-state index < -0.39 is 0 Å². The van der Waals surface area contributed by atoms with Crippen LogP contribution in [0.25, 0.3) is 10.9 Å². The van der Waals surface area contributed by atoms with Crippen molar-refractivity contribution in [2.75, 3.05) is 6.61 Å². The largest absolute Gasteiger partial charge is 0.489 e. The lowest BCUT2D eigenvalue weighted by atomic mass is 10.1. The number of aromatic nitrogens is 1.